The highest BCUT2D eigenvalue weighted by Gasteiger charge is 2.52. The molecule has 5 rings (SSSR count). The fourth-order valence-electron chi connectivity index (χ4n) is 5.20. The Morgan fingerprint density at radius 2 is 1.72 bits per heavy atom. The average molecular weight is 245 g/mol. The van der Waals surface area contributed by atoms with E-state index in [2.05, 4.69) is 9.97 Å². The molecule has 4 bridgehead atoms. The van der Waals surface area contributed by atoms with Crippen LogP contribution in [-0.2, 0) is 5.41 Å². The van der Waals surface area contributed by atoms with Gasteiger partial charge in [-0.1, -0.05) is 0 Å². The first-order valence-electron chi connectivity index (χ1n) is 7.00. The summed E-state index contributed by atoms with van der Waals surface area (Å²) in [5.74, 6) is 2.97. The molecule has 4 nitrogen and oxygen atoms in total. The van der Waals surface area contributed by atoms with E-state index in [1.54, 1.807) is 0 Å². The molecule has 4 heteroatoms. The number of nitrogens with two attached hydrogens (primary N) is 1. The third kappa shape index (κ3) is 1.44. The summed E-state index contributed by atoms with van der Waals surface area (Å²) in [6.45, 7) is 0. The monoisotopic (exact) mass is 245 g/mol. The molecule has 4 aliphatic rings. The summed E-state index contributed by atoms with van der Waals surface area (Å²) in [6.07, 6.45) is 7.92. The minimum Gasteiger partial charge on any atom is -0.383 e. The lowest BCUT2D eigenvalue weighted by Crippen LogP contribution is -2.49. The molecule has 0 aromatic carbocycles. The molecule has 0 saturated heterocycles. The van der Waals surface area contributed by atoms with Crippen LogP contribution in [0.5, 0.6) is 0 Å². The van der Waals surface area contributed by atoms with Crippen LogP contribution in [0.25, 0.3) is 0 Å². The van der Waals surface area contributed by atoms with Crippen LogP contribution in [0.2, 0.25) is 0 Å². The van der Waals surface area contributed by atoms with E-state index in [1.807, 2.05) is 6.07 Å². The first kappa shape index (κ1) is 10.6. The molecule has 0 radical (unpaired) electrons. The van der Waals surface area contributed by atoms with Gasteiger partial charge in [0.25, 0.3) is 0 Å². The number of hydrogen-bond acceptors (Lipinski definition) is 3. The number of anilines is 1. The zero-order valence-corrected chi connectivity index (χ0v) is 10.5. The van der Waals surface area contributed by atoms with Gasteiger partial charge in [0, 0.05) is 17.2 Å². The molecule has 0 atom stereocenters. The molecule has 1 aromatic rings. The van der Waals surface area contributed by atoms with Crippen molar-refractivity contribution in [3.63, 3.8) is 0 Å². The molecule has 18 heavy (non-hydrogen) atoms. The summed E-state index contributed by atoms with van der Waals surface area (Å²) in [6, 6.07) is 1.90. The summed E-state index contributed by atoms with van der Waals surface area (Å²) in [7, 11) is 0. The van der Waals surface area contributed by atoms with Crippen LogP contribution in [0.4, 0.5) is 5.82 Å². The molecule has 3 N–H and O–H groups in total. The Labute approximate surface area is 106 Å². The van der Waals surface area contributed by atoms with E-state index in [1.165, 1.54) is 38.5 Å². The number of rotatable bonds is 1. The number of hydrogen-bond donors (Lipinski definition) is 2. The maximum absolute atomic E-state index is 11.6. The number of aromatic amines is 1. The molecule has 0 aliphatic heterocycles. The summed E-state index contributed by atoms with van der Waals surface area (Å²) in [5.41, 5.74) is 6.71. The third-order valence-corrected chi connectivity index (χ3v) is 5.37. The van der Waals surface area contributed by atoms with Gasteiger partial charge in [-0.25, -0.2) is 4.79 Å². The highest BCUT2D eigenvalue weighted by molar-refractivity contribution is 5.33. The Bertz CT molecular complexity index is 513. The fourth-order valence-corrected chi connectivity index (χ4v) is 5.20. The Morgan fingerprint density at radius 1 is 1.17 bits per heavy atom. The van der Waals surface area contributed by atoms with E-state index in [0.29, 0.717) is 5.82 Å². The normalized spacial score (nSPS) is 41.2. The first-order valence-corrected chi connectivity index (χ1v) is 7.00. The SMILES string of the molecule is Nc1cc(C23CC4CC(CC(C4)C2)C3)[nH]c(=O)n1. The van der Waals surface area contributed by atoms with Gasteiger partial charge in [-0.05, 0) is 56.3 Å². The van der Waals surface area contributed by atoms with Crippen molar-refractivity contribution < 1.29 is 0 Å². The second kappa shape index (κ2) is 3.37. The van der Waals surface area contributed by atoms with E-state index in [-0.39, 0.29) is 11.1 Å². The van der Waals surface area contributed by atoms with E-state index < -0.39 is 0 Å². The highest BCUT2D eigenvalue weighted by atomic mass is 16.1. The van der Waals surface area contributed by atoms with Crippen molar-refractivity contribution in [2.24, 2.45) is 17.8 Å². The Kier molecular flexibility index (Phi) is 1.98. The van der Waals surface area contributed by atoms with Crippen molar-refractivity contribution in [3.05, 3.63) is 22.2 Å². The molecular formula is C14H19N3O. The number of nitrogen functional groups attached to an aromatic ring is 1. The molecule has 4 aliphatic carbocycles. The van der Waals surface area contributed by atoms with Crippen LogP contribution < -0.4 is 11.4 Å². The quantitative estimate of drug-likeness (QED) is 0.792. The Morgan fingerprint density at radius 3 is 2.22 bits per heavy atom. The van der Waals surface area contributed by atoms with E-state index in [4.69, 9.17) is 5.73 Å². The maximum atomic E-state index is 11.6. The number of aromatic nitrogens is 2. The minimum absolute atomic E-state index is 0.199. The van der Waals surface area contributed by atoms with E-state index in [9.17, 15) is 4.79 Å². The van der Waals surface area contributed by atoms with Crippen LogP contribution in [0, 0.1) is 17.8 Å². The topological polar surface area (TPSA) is 71.8 Å². The molecule has 1 aromatic heterocycles. The molecule has 0 unspecified atom stereocenters. The lowest BCUT2D eigenvalue weighted by atomic mass is 9.49. The van der Waals surface area contributed by atoms with Crippen molar-refractivity contribution in [1.82, 2.24) is 9.97 Å². The van der Waals surface area contributed by atoms with Gasteiger partial charge in [-0.2, -0.15) is 4.98 Å². The average Bonchev–Trinajstić information content (AvgIpc) is 2.25. The van der Waals surface area contributed by atoms with Gasteiger partial charge in [0.2, 0.25) is 0 Å². The Hall–Kier alpha value is -1.32. The second-order valence-corrected chi connectivity index (χ2v) is 6.72. The van der Waals surface area contributed by atoms with Gasteiger partial charge in [-0.15, -0.1) is 0 Å². The van der Waals surface area contributed by atoms with Crippen LogP contribution in [0.3, 0.4) is 0 Å². The van der Waals surface area contributed by atoms with Gasteiger partial charge in [0.15, 0.2) is 0 Å². The summed E-state index contributed by atoms with van der Waals surface area (Å²) >= 11 is 0. The number of nitrogens with zero attached hydrogens (tertiary/aromatic N) is 1. The van der Waals surface area contributed by atoms with Crippen molar-refractivity contribution in [2.45, 2.75) is 43.9 Å². The minimum atomic E-state index is -0.291. The van der Waals surface area contributed by atoms with Gasteiger partial charge in [0.05, 0.1) is 0 Å². The van der Waals surface area contributed by atoms with Crippen molar-refractivity contribution in [2.75, 3.05) is 5.73 Å². The van der Waals surface area contributed by atoms with E-state index in [0.717, 1.165) is 23.4 Å². The van der Waals surface area contributed by atoms with Crippen LogP contribution in [0.15, 0.2) is 10.9 Å². The Balaban J connectivity index is 1.81. The molecular weight excluding hydrogens is 226 g/mol. The standard InChI is InChI=1S/C14H19N3O/c15-12-4-11(16-13(18)17-12)14-5-8-1-9(6-14)3-10(2-8)7-14/h4,8-10H,1-3,5-7H2,(H3,15,16,17,18). The fraction of sp³-hybridized carbons (Fsp3) is 0.714. The lowest BCUT2D eigenvalue weighted by Gasteiger charge is -2.56. The maximum Gasteiger partial charge on any atom is 0.347 e. The zero-order chi connectivity index (χ0) is 12.3. The van der Waals surface area contributed by atoms with Crippen molar-refractivity contribution in [3.8, 4) is 0 Å². The van der Waals surface area contributed by atoms with E-state index >= 15 is 0 Å². The van der Waals surface area contributed by atoms with Crippen LogP contribution >= 0.6 is 0 Å². The van der Waals surface area contributed by atoms with Gasteiger partial charge in [0.1, 0.15) is 5.82 Å². The second-order valence-electron chi connectivity index (χ2n) is 6.72. The smallest absolute Gasteiger partial charge is 0.347 e. The number of nitrogens with one attached hydrogen (secondary N) is 1. The molecule has 4 saturated carbocycles. The van der Waals surface area contributed by atoms with Gasteiger partial charge >= 0.3 is 5.69 Å². The third-order valence-electron chi connectivity index (χ3n) is 5.37. The molecule has 4 fully saturated rings. The molecule has 0 amide bonds. The lowest BCUT2D eigenvalue weighted by molar-refractivity contribution is -0.00733. The summed E-state index contributed by atoms with van der Waals surface area (Å²) < 4.78 is 0. The predicted octanol–water partition coefficient (Wildman–Crippen LogP) is 1.82. The van der Waals surface area contributed by atoms with Gasteiger partial charge in [-0.3, -0.25) is 0 Å². The summed E-state index contributed by atoms with van der Waals surface area (Å²) in [4.78, 5) is 18.2. The van der Waals surface area contributed by atoms with Crippen LogP contribution in [-0.4, -0.2) is 9.97 Å². The van der Waals surface area contributed by atoms with Crippen LogP contribution in [0.1, 0.15) is 44.2 Å². The molecule has 0 spiro atoms. The predicted molar refractivity (Wildman–Crippen MR) is 69.1 cm³/mol. The largest absolute Gasteiger partial charge is 0.383 e. The summed E-state index contributed by atoms with van der Waals surface area (Å²) in [5, 5.41) is 0. The van der Waals surface area contributed by atoms with Crippen molar-refractivity contribution >= 4 is 5.82 Å². The first-order chi connectivity index (χ1) is 8.63. The van der Waals surface area contributed by atoms with Crippen molar-refractivity contribution in [1.29, 1.82) is 0 Å². The molecule has 96 valence electrons. The van der Waals surface area contributed by atoms with Gasteiger partial charge < -0.3 is 10.7 Å². The molecule has 1 heterocycles. The number of H-pyrrole nitrogens is 1. The highest BCUT2D eigenvalue weighted by Crippen LogP contribution is 2.60. The zero-order valence-electron chi connectivity index (χ0n) is 10.5.